The quantitative estimate of drug-likeness (QED) is 0.778. The molecule has 1 amide bonds. The van der Waals surface area contributed by atoms with Crippen molar-refractivity contribution < 1.29 is 19.8 Å². The summed E-state index contributed by atoms with van der Waals surface area (Å²) in [7, 11) is 1.75. The second-order valence-corrected chi connectivity index (χ2v) is 5.17. The van der Waals surface area contributed by atoms with E-state index in [0.717, 1.165) is 16.8 Å². The number of hydrogen-bond acceptors (Lipinski definition) is 3. The van der Waals surface area contributed by atoms with E-state index in [9.17, 15) is 14.7 Å². The SMILES string of the molecule is CN1C(=O)Cc2cc(C(O)CCCCC(=O)O)ccc21. The number of fused-ring (bicyclic) bond motifs is 1. The number of carbonyl (C=O) groups is 2. The van der Waals surface area contributed by atoms with Gasteiger partial charge in [0.2, 0.25) is 5.91 Å². The van der Waals surface area contributed by atoms with Gasteiger partial charge in [0.1, 0.15) is 0 Å². The van der Waals surface area contributed by atoms with Crippen molar-refractivity contribution in [2.24, 2.45) is 0 Å². The maximum atomic E-state index is 11.6. The van der Waals surface area contributed by atoms with Crippen molar-refractivity contribution in [3.8, 4) is 0 Å². The second-order valence-electron chi connectivity index (χ2n) is 5.17. The number of hydrogen-bond donors (Lipinski definition) is 2. The molecule has 2 rings (SSSR count). The van der Waals surface area contributed by atoms with Crippen molar-refractivity contribution in [2.45, 2.75) is 38.2 Å². The summed E-state index contributed by atoms with van der Waals surface area (Å²) >= 11 is 0. The molecule has 0 spiro atoms. The third-order valence-electron chi connectivity index (χ3n) is 3.68. The highest BCUT2D eigenvalue weighted by molar-refractivity contribution is 6.00. The van der Waals surface area contributed by atoms with Crippen LogP contribution >= 0.6 is 0 Å². The Bertz CT molecular complexity index is 527. The first-order valence-corrected chi connectivity index (χ1v) is 6.78. The Morgan fingerprint density at radius 2 is 2.15 bits per heavy atom. The zero-order valence-electron chi connectivity index (χ0n) is 11.5. The summed E-state index contributed by atoms with van der Waals surface area (Å²) in [5.41, 5.74) is 2.64. The monoisotopic (exact) mass is 277 g/mol. The fourth-order valence-corrected chi connectivity index (χ4v) is 2.48. The lowest BCUT2D eigenvalue weighted by Crippen LogP contribution is -2.20. The highest BCUT2D eigenvalue weighted by Crippen LogP contribution is 2.31. The Balaban J connectivity index is 1.95. The smallest absolute Gasteiger partial charge is 0.303 e. The number of anilines is 1. The molecule has 1 aliphatic heterocycles. The van der Waals surface area contributed by atoms with E-state index in [0.29, 0.717) is 25.7 Å². The maximum absolute atomic E-state index is 11.6. The van der Waals surface area contributed by atoms with Crippen LogP contribution in [0.4, 0.5) is 5.69 Å². The van der Waals surface area contributed by atoms with E-state index in [2.05, 4.69) is 0 Å². The molecule has 108 valence electrons. The Hall–Kier alpha value is -1.88. The number of aliphatic hydroxyl groups excluding tert-OH is 1. The summed E-state index contributed by atoms with van der Waals surface area (Å²) in [5, 5.41) is 18.7. The highest BCUT2D eigenvalue weighted by Gasteiger charge is 2.24. The third-order valence-corrected chi connectivity index (χ3v) is 3.68. The highest BCUT2D eigenvalue weighted by atomic mass is 16.4. The Morgan fingerprint density at radius 1 is 1.40 bits per heavy atom. The molecular formula is C15H19NO4. The molecule has 1 aromatic rings. The van der Waals surface area contributed by atoms with Crippen LogP contribution in [0, 0.1) is 0 Å². The summed E-state index contributed by atoms with van der Waals surface area (Å²) in [6.07, 6.45) is 1.69. The minimum atomic E-state index is -0.807. The van der Waals surface area contributed by atoms with Crippen molar-refractivity contribution >= 4 is 17.6 Å². The number of rotatable bonds is 6. The van der Waals surface area contributed by atoms with Gasteiger partial charge in [0.05, 0.1) is 12.5 Å². The van der Waals surface area contributed by atoms with Crippen LogP contribution in [0.2, 0.25) is 0 Å². The van der Waals surface area contributed by atoms with E-state index in [4.69, 9.17) is 5.11 Å². The number of likely N-dealkylation sites (N-methyl/N-ethyl adjacent to an activating group) is 1. The molecule has 1 atom stereocenters. The molecule has 1 aromatic carbocycles. The van der Waals surface area contributed by atoms with Crippen LogP contribution in [-0.2, 0) is 16.0 Å². The molecule has 20 heavy (non-hydrogen) atoms. The topological polar surface area (TPSA) is 77.8 Å². The van der Waals surface area contributed by atoms with E-state index >= 15 is 0 Å². The molecule has 1 aliphatic rings. The van der Waals surface area contributed by atoms with Crippen LogP contribution in [0.25, 0.3) is 0 Å². The number of nitrogens with zero attached hydrogens (tertiary/aromatic N) is 1. The minimum Gasteiger partial charge on any atom is -0.481 e. The standard InChI is InChI=1S/C15H19NO4/c1-16-12-7-6-10(8-11(12)9-14(16)18)13(17)4-2-3-5-15(19)20/h6-8,13,17H,2-5,9H2,1H3,(H,19,20). The van der Waals surface area contributed by atoms with Gasteiger partial charge in [-0.15, -0.1) is 0 Å². The van der Waals surface area contributed by atoms with Gasteiger partial charge in [0.15, 0.2) is 0 Å². The van der Waals surface area contributed by atoms with Gasteiger partial charge >= 0.3 is 5.97 Å². The molecule has 0 bridgehead atoms. The average molecular weight is 277 g/mol. The molecule has 1 unspecified atom stereocenters. The molecule has 0 aliphatic carbocycles. The summed E-state index contributed by atoms with van der Waals surface area (Å²) in [4.78, 5) is 23.6. The van der Waals surface area contributed by atoms with Crippen molar-refractivity contribution in [1.82, 2.24) is 0 Å². The number of carboxylic acids is 1. The number of carbonyl (C=O) groups excluding carboxylic acids is 1. The Morgan fingerprint density at radius 3 is 2.85 bits per heavy atom. The number of amides is 1. The van der Waals surface area contributed by atoms with Gasteiger partial charge < -0.3 is 15.1 Å². The van der Waals surface area contributed by atoms with Crippen molar-refractivity contribution in [2.75, 3.05) is 11.9 Å². The summed E-state index contributed by atoms with van der Waals surface area (Å²) in [6, 6.07) is 5.56. The molecular weight excluding hydrogens is 258 g/mol. The molecule has 5 nitrogen and oxygen atoms in total. The number of benzene rings is 1. The lowest BCUT2D eigenvalue weighted by atomic mass is 10.00. The first kappa shape index (κ1) is 14.5. The molecule has 0 fully saturated rings. The zero-order valence-corrected chi connectivity index (χ0v) is 11.5. The summed E-state index contributed by atoms with van der Waals surface area (Å²) < 4.78 is 0. The van der Waals surface area contributed by atoms with Gasteiger partial charge in [0, 0.05) is 19.2 Å². The zero-order chi connectivity index (χ0) is 14.7. The summed E-state index contributed by atoms with van der Waals surface area (Å²) in [5.74, 6) is -0.744. The van der Waals surface area contributed by atoms with Gasteiger partial charge in [-0.25, -0.2) is 0 Å². The van der Waals surface area contributed by atoms with E-state index < -0.39 is 12.1 Å². The maximum Gasteiger partial charge on any atom is 0.303 e. The number of aliphatic carboxylic acids is 1. The van der Waals surface area contributed by atoms with Crippen molar-refractivity contribution in [1.29, 1.82) is 0 Å². The van der Waals surface area contributed by atoms with Crippen molar-refractivity contribution in [3.05, 3.63) is 29.3 Å². The van der Waals surface area contributed by atoms with Crippen LogP contribution in [0.1, 0.15) is 42.9 Å². The molecule has 0 radical (unpaired) electrons. The largest absolute Gasteiger partial charge is 0.481 e. The minimum absolute atomic E-state index is 0.0631. The number of aliphatic hydroxyl groups is 1. The van der Waals surface area contributed by atoms with Crippen LogP contribution in [-0.4, -0.2) is 29.1 Å². The molecule has 0 saturated carbocycles. The molecule has 0 aromatic heterocycles. The molecule has 2 N–H and O–H groups in total. The average Bonchev–Trinajstić information content (AvgIpc) is 2.69. The normalized spacial score (nSPS) is 15.3. The van der Waals surface area contributed by atoms with Crippen LogP contribution in [0.15, 0.2) is 18.2 Å². The van der Waals surface area contributed by atoms with E-state index in [-0.39, 0.29) is 12.3 Å². The number of carboxylic acid groups (broad SMARTS) is 1. The van der Waals surface area contributed by atoms with Gasteiger partial charge in [-0.05, 0) is 36.5 Å². The summed E-state index contributed by atoms with van der Waals surface area (Å²) in [6.45, 7) is 0. The predicted molar refractivity (Wildman–Crippen MR) is 74.6 cm³/mol. The Kier molecular flexibility index (Phi) is 4.39. The second kappa shape index (κ2) is 6.05. The van der Waals surface area contributed by atoms with Crippen LogP contribution in [0.3, 0.4) is 0 Å². The fraction of sp³-hybridized carbons (Fsp3) is 0.467. The predicted octanol–water partition coefficient (Wildman–Crippen LogP) is 1.88. The molecule has 5 heteroatoms. The van der Waals surface area contributed by atoms with Crippen LogP contribution < -0.4 is 4.90 Å². The van der Waals surface area contributed by atoms with E-state index in [1.807, 2.05) is 18.2 Å². The lowest BCUT2D eigenvalue weighted by molar-refractivity contribution is -0.137. The molecule has 1 heterocycles. The Labute approximate surface area is 117 Å². The fourth-order valence-electron chi connectivity index (χ4n) is 2.48. The third kappa shape index (κ3) is 3.17. The van der Waals surface area contributed by atoms with E-state index in [1.165, 1.54) is 0 Å². The van der Waals surface area contributed by atoms with Gasteiger partial charge in [-0.2, -0.15) is 0 Å². The van der Waals surface area contributed by atoms with Crippen LogP contribution in [0.5, 0.6) is 0 Å². The molecule has 0 saturated heterocycles. The van der Waals surface area contributed by atoms with Gasteiger partial charge in [-0.3, -0.25) is 9.59 Å². The lowest BCUT2D eigenvalue weighted by Gasteiger charge is -2.14. The first-order chi connectivity index (χ1) is 9.49. The van der Waals surface area contributed by atoms with Gasteiger partial charge in [-0.1, -0.05) is 12.1 Å². The first-order valence-electron chi connectivity index (χ1n) is 6.78. The van der Waals surface area contributed by atoms with Gasteiger partial charge in [0.25, 0.3) is 0 Å². The van der Waals surface area contributed by atoms with E-state index in [1.54, 1.807) is 11.9 Å². The van der Waals surface area contributed by atoms with Crippen molar-refractivity contribution in [3.63, 3.8) is 0 Å². The number of unbranched alkanes of at least 4 members (excludes halogenated alkanes) is 1.